The molecule has 0 aromatic carbocycles. The van der Waals surface area contributed by atoms with E-state index in [1.165, 1.54) is 64.2 Å². The Morgan fingerprint density at radius 3 is 1.77 bits per heavy atom. The molecule has 0 saturated carbocycles. The summed E-state index contributed by atoms with van der Waals surface area (Å²) in [5, 5.41) is 18.2. The van der Waals surface area contributed by atoms with Crippen molar-refractivity contribution in [3.63, 3.8) is 0 Å². The fraction of sp³-hybridized carbons (Fsp3) is 0.952. The van der Waals surface area contributed by atoms with E-state index in [-0.39, 0.29) is 12.6 Å². The van der Waals surface area contributed by atoms with Crippen molar-refractivity contribution in [3.8, 4) is 0 Å². The fourth-order valence-corrected chi connectivity index (χ4v) is 3.54. The van der Waals surface area contributed by atoms with Gasteiger partial charge in [-0.2, -0.15) is 0 Å². The topological polar surface area (TPSA) is 69.6 Å². The standard InChI is InChI=1S/C21H44N2O3/c1-4-5-6-7-8-9-10-11-12-13-14-16-20(22-26)17-15-18-23(2,3)19-21(24)25/h20,22,26H,4-19H2,1-3H3/p+1. The van der Waals surface area contributed by atoms with E-state index in [2.05, 4.69) is 12.4 Å². The normalized spacial score (nSPS) is 13.1. The minimum atomic E-state index is -0.757. The van der Waals surface area contributed by atoms with E-state index in [0.717, 1.165) is 32.2 Å². The molecular weight excluding hydrogens is 328 g/mol. The van der Waals surface area contributed by atoms with Gasteiger partial charge in [0, 0.05) is 6.04 Å². The van der Waals surface area contributed by atoms with E-state index in [1.54, 1.807) is 0 Å². The van der Waals surface area contributed by atoms with Gasteiger partial charge in [0.15, 0.2) is 6.54 Å². The van der Waals surface area contributed by atoms with Crippen LogP contribution in [0.1, 0.15) is 96.8 Å². The lowest BCUT2D eigenvalue weighted by atomic mass is 10.0. The number of quaternary nitrogens is 1. The smallest absolute Gasteiger partial charge is 0.359 e. The number of aliphatic carboxylic acids is 1. The van der Waals surface area contributed by atoms with Crippen LogP contribution in [0, 0.1) is 0 Å². The molecule has 0 aliphatic carbocycles. The van der Waals surface area contributed by atoms with Crippen LogP contribution < -0.4 is 5.48 Å². The lowest BCUT2D eigenvalue weighted by Crippen LogP contribution is -2.44. The molecule has 0 amide bonds. The molecule has 0 bridgehead atoms. The van der Waals surface area contributed by atoms with E-state index in [4.69, 9.17) is 5.11 Å². The zero-order valence-corrected chi connectivity index (χ0v) is 17.6. The van der Waals surface area contributed by atoms with Crippen LogP contribution >= 0.6 is 0 Å². The first-order valence-corrected chi connectivity index (χ1v) is 10.8. The number of nitrogens with zero attached hydrogens (tertiary/aromatic N) is 1. The van der Waals surface area contributed by atoms with Crippen molar-refractivity contribution in [1.82, 2.24) is 5.48 Å². The summed E-state index contributed by atoms with van der Waals surface area (Å²) >= 11 is 0. The van der Waals surface area contributed by atoms with Gasteiger partial charge in [-0.3, -0.25) is 0 Å². The number of nitrogens with one attached hydrogen (secondary N) is 1. The molecule has 0 radical (unpaired) electrons. The van der Waals surface area contributed by atoms with Gasteiger partial charge in [-0.1, -0.05) is 77.6 Å². The number of hydrogen-bond donors (Lipinski definition) is 3. The summed E-state index contributed by atoms with van der Waals surface area (Å²) < 4.78 is 0.492. The molecule has 0 aliphatic heterocycles. The van der Waals surface area contributed by atoms with Gasteiger partial charge >= 0.3 is 5.97 Å². The van der Waals surface area contributed by atoms with E-state index in [0.29, 0.717) is 4.48 Å². The third kappa shape index (κ3) is 16.8. The monoisotopic (exact) mass is 373 g/mol. The summed E-state index contributed by atoms with van der Waals surface area (Å²) in [7, 11) is 3.89. The summed E-state index contributed by atoms with van der Waals surface area (Å²) in [6, 6.07) is 0.137. The number of hydrogen-bond acceptors (Lipinski definition) is 3. The van der Waals surface area contributed by atoms with Crippen molar-refractivity contribution >= 4 is 5.97 Å². The number of rotatable bonds is 19. The SMILES string of the molecule is CCCCCCCCCCCCCC(CCC[N+](C)(C)CC(=O)O)NO. The van der Waals surface area contributed by atoms with Crippen molar-refractivity contribution in [3.05, 3.63) is 0 Å². The molecule has 5 heteroatoms. The molecule has 1 unspecified atom stereocenters. The second-order valence-corrected chi connectivity index (χ2v) is 8.50. The lowest BCUT2D eigenvalue weighted by molar-refractivity contribution is -0.883. The highest BCUT2D eigenvalue weighted by atomic mass is 16.5. The first kappa shape index (κ1) is 25.4. The van der Waals surface area contributed by atoms with Crippen LogP contribution in [0.4, 0.5) is 0 Å². The third-order valence-electron chi connectivity index (χ3n) is 5.22. The van der Waals surface area contributed by atoms with E-state index < -0.39 is 5.97 Å². The summed E-state index contributed by atoms with van der Waals surface area (Å²) in [5.41, 5.74) is 2.44. The van der Waals surface area contributed by atoms with Gasteiger partial charge in [0.1, 0.15) is 0 Å². The number of carboxylic acids is 1. The third-order valence-corrected chi connectivity index (χ3v) is 5.22. The molecule has 0 heterocycles. The number of likely N-dealkylation sites (N-methyl/N-ethyl adjacent to an activating group) is 1. The average Bonchev–Trinajstić information content (AvgIpc) is 2.56. The van der Waals surface area contributed by atoms with Gasteiger partial charge in [-0.05, 0) is 19.3 Å². The average molecular weight is 374 g/mol. The van der Waals surface area contributed by atoms with Gasteiger partial charge in [-0.15, -0.1) is 0 Å². The Kier molecular flexibility index (Phi) is 16.1. The van der Waals surface area contributed by atoms with Gasteiger partial charge in [0.05, 0.1) is 20.6 Å². The summed E-state index contributed by atoms with van der Waals surface area (Å²) in [5.74, 6) is -0.757. The van der Waals surface area contributed by atoms with Gasteiger partial charge in [-0.25, -0.2) is 10.3 Å². The zero-order valence-electron chi connectivity index (χ0n) is 17.6. The van der Waals surface area contributed by atoms with Crippen molar-refractivity contribution in [2.24, 2.45) is 0 Å². The van der Waals surface area contributed by atoms with Crippen molar-refractivity contribution < 1.29 is 19.6 Å². The van der Waals surface area contributed by atoms with Crippen LogP contribution in [-0.4, -0.2) is 54.0 Å². The largest absolute Gasteiger partial charge is 0.477 e. The van der Waals surface area contributed by atoms with E-state index >= 15 is 0 Å². The Hall–Kier alpha value is -0.650. The van der Waals surface area contributed by atoms with Crippen molar-refractivity contribution in [2.45, 2.75) is 103 Å². The molecule has 0 saturated heterocycles. The Balaban J connectivity index is 3.54. The van der Waals surface area contributed by atoms with Crippen molar-refractivity contribution in [1.29, 1.82) is 0 Å². The molecule has 1 atom stereocenters. The van der Waals surface area contributed by atoms with Gasteiger partial charge in [0.2, 0.25) is 0 Å². The highest BCUT2D eigenvalue weighted by Crippen LogP contribution is 2.14. The molecule has 156 valence electrons. The number of carbonyl (C=O) groups is 1. The molecule has 0 aromatic heterocycles. The van der Waals surface area contributed by atoms with Gasteiger partial charge in [0.25, 0.3) is 0 Å². The molecule has 0 spiro atoms. The highest BCUT2D eigenvalue weighted by molar-refractivity contribution is 5.67. The second kappa shape index (κ2) is 16.5. The minimum absolute atomic E-state index is 0.137. The Labute approximate surface area is 161 Å². The molecule has 26 heavy (non-hydrogen) atoms. The second-order valence-electron chi connectivity index (χ2n) is 8.50. The number of hydroxylamine groups is 1. The predicted molar refractivity (Wildman–Crippen MR) is 109 cm³/mol. The van der Waals surface area contributed by atoms with E-state index in [1.807, 2.05) is 14.1 Å². The van der Waals surface area contributed by atoms with Crippen LogP contribution in [0.25, 0.3) is 0 Å². The molecule has 0 rings (SSSR count). The number of carboxylic acid groups (broad SMARTS) is 1. The zero-order chi connectivity index (χ0) is 19.7. The van der Waals surface area contributed by atoms with Crippen LogP contribution in [0.2, 0.25) is 0 Å². The van der Waals surface area contributed by atoms with Gasteiger partial charge < -0.3 is 14.8 Å². The highest BCUT2D eigenvalue weighted by Gasteiger charge is 2.19. The van der Waals surface area contributed by atoms with Crippen LogP contribution in [0.15, 0.2) is 0 Å². The maximum Gasteiger partial charge on any atom is 0.359 e. The molecule has 3 N–H and O–H groups in total. The molecule has 0 fully saturated rings. The summed E-state index contributed by atoms with van der Waals surface area (Å²) in [6.45, 7) is 3.23. The lowest BCUT2D eigenvalue weighted by Gasteiger charge is -2.28. The van der Waals surface area contributed by atoms with Crippen LogP contribution in [-0.2, 0) is 4.79 Å². The quantitative estimate of drug-likeness (QED) is 0.170. The Morgan fingerprint density at radius 1 is 0.846 bits per heavy atom. The summed E-state index contributed by atoms with van der Waals surface area (Å²) in [6.07, 6.45) is 17.5. The first-order valence-electron chi connectivity index (χ1n) is 10.8. The molecule has 0 aliphatic rings. The maximum absolute atomic E-state index is 10.8. The molecular formula is C21H45N2O3+. The first-order chi connectivity index (χ1) is 12.4. The maximum atomic E-state index is 10.8. The summed E-state index contributed by atoms with van der Waals surface area (Å²) in [4.78, 5) is 10.8. The molecule has 5 nitrogen and oxygen atoms in total. The van der Waals surface area contributed by atoms with E-state index in [9.17, 15) is 10.0 Å². The minimum Gasteiger partial charge on any atom is -0.477 e. The van der Waals surface area contributed by atoms with Crippen LogP contribution in [0.3, 0.4) is 0 Å². The fourth-order valence-electron chi connectivity index (χ4n) is 3.54. The molecule has 0 aromatic rings. The van der Waals surface area contributed by atoms with Crippen molar-refractivity contribution in [2.75, 3.05) is 27.2 Å². The number of unbranched alkanes of at least 4 members (excludes halogenated alkanes) is 10. The Bertz CT molecular complexity index is 335. The Morgan fingerprint density at radius 2 is 1.31 bits per heavy atom. The predicted octanol–water partition coefficient (Wildman–Crippen LogP) is 4.98. The van der Waals surface area contributed by atoms with Crippen LogP contribution in [0.5, 0.6) is 0 Å².